The summed E-state index contributed by atoms with van der Waals surface area (Å²) in [6.07, 6.45) is 3.12. The molecule has 0 aromatic heterocycles. The standard InChI is InChI=1S/C20H33N3O/c1-16(2)20(24)17-10-14-23(15-11-17)19-8-6-18(7-9-19)22(4)13-5-12-21-3/h6-9,16-17,21H,5,10-15H2,1-4H3. The zero-order chi connectivity index (χ0) is 17.5. The Balaban J connectivity index is 1.87. The van der Waals surface area contributed by atoms with Crippen LogP contribution in [0.5, 0.6) is 0 Å². The van der Waals surface area contributed by atoms with Crippen LogP contribution in [0.25, 0.3) is 0 Å². The van der Waals surface area contributed by atoms with Gasteiger partial charge in [-0.1, -0.05) is 13.8 Å². The molecule has 4 nitrogen and oxygen atoms in total. The Morgan fingerprint density at radius 3 is 2.42 bits per heavy atom. The topological polar surface area (TPSA) is 35.6 Å². The van der Waals surface area contributed by atoms with E-state index in [1.165, 1.54) is 11.4 Å². The number of hydrogen-bond donors (Lipinski definition) is 1. The molecule has 1 aliphatic heterocycles. The quantitative estimate of drug-likeness (QED) is 0.742. The summed E-state index contributed by atoms with van der Waals surface area (Å²) < 4.78 is 0. The number of Topliss-reactive ketones (excluding diaryl/α,β-unsaturated/α-hetero) is 1. The monoisotopic (exact) mass is 331 g/mol. The fraction of sp³-hybridized carbons (Fsp3) is 0.650. The van der Waals surface area contributed by atoms with Crippen molar-refractivity contribution in [2.75, 3.05) is 50.1 Å². The van der Waals surface area contributed by atoms with Crippen LogP contribution in [0.15, 0.2) is 24.3 Å². The molecule has 1 aliphatic rings. The van der Waals surface area contributed by atoms with Gasteiger partial charge in [-0.25, -0.2) is 0 Å². The lowest BCUT2D eigenvalue weighted by molar-refractivity contribution is -0.126. The number of rotatable bonds is 8. The third kappa shape index (κ3) is 4.97. The lowest BCUT2D eigenvalue weighted by atomic mass is 9.87. The lowest BCUT2D eigenvalue weighted by Gasteiger charge is -2.34. The maximum Gasteiger partial charge on any atom is 0.138 e. The van der Waals surface area contributed by atoms with Crippen LogP contribution < -0.4 is 15.1 Å². The van der Waals surface area contributed by atoms with Crippen molar-refractivity contribution in [3.63, 3.8) is 0 Å². The normalized spacial score (nSPS) is 15.8. The number of piperidine rings is 1. The van der Waals surface area contributed by atoms with Crippen molar-refractivity contribution in [1.82, 2.24) is 5.32 Å². The summed E-state index contributed by atoms with van der Waals surface area (Å²) in [5.74, 6) is 0.867. The maximum atomic E-state index is 12.1. The van der Waals surface area contributed by atoms with Crippen LogP contribution in [-0.4, -0.2) is 46.1 Å². The molecule has 1 aromatic rings. The molecule has 1 saturated heterocycles. The second-order valence-electron chi connectivity index (χ2n) is 7.21. The van der Waals surface area contributed by atoms with Gasteiger partial charge >= 0.3 is 0 Å². The Labute approximate surface area is 147 Å². The molecule has 4 heteroatoms. The van der Waals surface area contributed by atoms with Gasteiger partial charge in [0, 0.05) is 49.9 Å². The molecule has 1 fully saturated rings. The van der Waals surface area contributed by atoms with Crippen LogP contribution in [0.2, 0.25) is 0 Å². The summed E-state index contributed by atoms with van der Waals surface area (Å²) in [6, 6.07) is 8.85. The van der Waals surface area contributed by atoms with Gasteiger partial charge in [-0.3, -0.25) is 4.79 Å². The highest BCUT2D eigenvalue weighted by Gasteiger charge is 2.26. The highest BCUT2D eigenvalue weighted by molar-refractivity contribution is 5.83. The van der Waals surface area contributed by atoms with Gasteiger partial charge in [0.15, 0.2) is 0 Å². The SMILES string of the molecule is CNCCCN(C)c1ccc(N2CCC(C(=O)C(C)C)CC2)cc1. The van der Waals surface area contributed by atoms with E-state index in [1.54, 1.807) is 0 Å². The first-order chi connectivity index (χ1) is 11.5. The zero-order valence-corrected chi connectivity index (χ0v) is 15.7. The molecule has 1 heterocycles. The summed E-state index contributed by atoms with van der Waals surface area (Å²) >= 11 is 0. The largest absolute Gasteiger partial charge is 0.375 e. The third-order valence-corrected chi connectivity index (χ3v) is 5.04. The molecule has 0 aliphatic carbocycles. The number of hydrogen-bond acceptors (Lipinski definition) is 4. The van der Waals surface area contributed by atoms with Crippen molar-refractivity contribution >= 4 is 17.2 Å². The van der Waals surface area contributed by atoms with E-state index in [-0.39, 0.29) is 11.8 Å². The van der Waals surface area contributed by atoms with Gasteiger partial charge in [0.2, 0.25) is 0 Å². The number of carbonyl (C=O) groups excluding carboxylic acids is 1. The first kappa shape index (κ1) is 18.8. The fourth-order valence-electron chi connectivity index (χ4n) is 3.43. The minimum absolute atomic E-state index is 0.166. The van der Waals surface area contributed by atoms with Crippen LogP contribution in [0.1, 0.15) is 33.1 Å². The van der Waals surface area contributed by atoms with Crippen molar-refractivity contribution in [2.24, 2.45) is 11.8 Å². The van der Waals surface area contributed by atoms with E-state index in [9.17, 15) is 4.79 Å². The molecule has 24 heavy (non-hydrogen) atoms. The van der Waals surface area contributed by atoms with E-state index in [0.29, 0.717) is 5.78 Å². The van der Waals surface area contributed by atoms with Crippen LogP contribution >= 0.6 is 0 Å². The predicted octanol–water partition coefficient (Wildman–Crippen LogP) is 3.17. The average molecular weight is 332 g/mol. The average Bonchev–Trinajstić information content (AvgIpc) is 2.61. The molecule has 0 amide bonds. The van der Waals surface area contributed by atoms with Crippen LogP contribution in [0, 0.1) is 11.8 Å². The molecule has 1 aromatic carbocycles. The smallest absolute Gasteiger partial charge is 0.138 e. The third-order valence-electron chi connectivity index (χ3n) is 5.04. The highest BCUT2D eigenvalue weighted by atomic mass is 16.1. The molecule has 0 bridgehead atoms. The van der Waals surface area contributed by atoms with E-state index >= 15 is 0 Å². The molecule has 0 saturated carbocycles. The van der Waals surface area contributed by atoms with E-state index in [1.807, 2.05) is 20.9 Å². The zero-order valence-electron chi connectivity index (χ0n) is 15.7. The van der Waals surface area contributed by atoms with Gasteiger partial charge in [0.1, 0.15) is 5.78 Å². The van der Waals surface area contributed by atoms with Crippen molar-refractivity contribution in [1.29, 1.82) is 0 Å². The van der Waals surface area contributed by atoms with Crippen molar-refractivity contribution in [3.05, 3.63) is 24.3 Å². The summed E-state index contributed by atoms with van der Waals surface area (Å²) in [5, 5.41) is 3.19. The lowest BCUT2D eigenvalue weighted by Crippen LogP contribution is -2.37. The number of ketones is 1. The van der Waals surface area contributed by atoms with Gasteiger partial charge in [0.25, 0.3) is 0 Å². The molecular weight excluding hydrogens is 298 g/mol. The molecule has 0 atom stereocenters. The summed E-state index contributed by atoms with van der Waals surface area (Å²) in [5.41, 5.74) is 2.54. The summed E-state index contributed by atoms with van der Waals surface area (Å²) in [7, 11) is 4.14. The Morgan fingerprint density at radius 2 is 1.88 bits per heavy atom. The second-order valence-corrected chi connectivity index (χ2v) is 7.21. The molecule has 0 radical (unpaired) electrons. The van der Waals surface area contributed by atoms with Crippen LogP contribution in [0.4, 0.5) is 11.4 Å². The molecule has 134 valence electrons. The predicted molar refractivity (Wildman–Crippen MR) is 103 cm³/mol. The summed E-state index contributed by atoms with van der Waals surface area (Å²) in [4.78, 5) is 16.9. The number of nitrogens with zero attached hydrogens (tertiary/aromatic N) is 2. The first-order valence-electron chi connectivity index (χ1n) is 9.27. The van der Waals surface area contributed by atoms with Crippen molar-refractivity contribution in [3.8, 4) is 0 Å². The number of benzene rings is 1. The van der Waals surface area contributed by atoms with Gasteiger partial charge in [0.05, 0.1) is 0 Å². The van der Waals surface area contributed by atoms with Crippen LogP contribution in [0.3, 0.4) is 0 Å². The molecule has 0 unspecified atom stereocenters. The van der Waals surface area contributed by atoms with Gasteiger partial charge in [-0.2, -0.15) is 0 Å². The van der Waals surface area contributed by atoms with Crippen molar-refractivity contribution in [2.45, 2.75) is 33.1 Å². The summed E-state index contributed by atoms with van der Waals surface area (Å²) in [6.45, 7) is 8.11. The van der Waals surface area contributed by atoms with E-state index in [0.717, 1.165) is 45.4 Å². The molecule has 2 rings (SSSR count). The van der Waals surface area contributed by atoms with E-state index in [2.05, 4.69) is 46.4 Å². The second kappa shape index (κ2) is 9.07. The highest BCUT2D eigenvalue weighted by Crippen LogP contribution is 2.27. The fourth-order valence-corrected chi connectivity index (χ4v) is 3.43. The van der Waals surface area contributed by atoms with E-state index < -0.39 is 0 Å². The minimum Gasteiger partial charge on any atom is -0.375 e. The Hall–Kier alpha value is -1.55. The number of carbonyl (C=O) groups is 1. The van der Waals surface area contributed by atoms with Crippen LogP contribution in [-0.2, 0) is 4.79 Å². The molecular formula is C20H33N3O. The molecule has 0 spiro atoms. The Kier molecular flexibility index (Phi) is 7.10. The first-order valence-corrected chi connectivity index (χ1v) is 9.27. The number of nitrogens with one attached hydrogen (secondary N) is 1. The Morgan fingerprint density at radius 1 is 1.25 bits per heavy atom. The Bertz CT molecular complexity index is 504. The maximum absolute atomic E-state index is 12.1. The minimum atomic E-state index is 0.166. The van der Waals surface area contributed by atoms with E-state index in [4.69, 9.17) is 0 Å². The van der Waals surface area contributed by atoms with Crippen molar-refractivity contribution < 1.29 is 4.79 Å². The van der Waals surface area contributed by atoms with Gasteiger partial charge in [-0.05, 0) is 57.1 Å². The molecule has 1 N–H and O–H groups in total. The van der Waals surface area contributed by atoms with Gasteiger partial charge in [-0.15, -0.1) is 0 Å². The van der Waals surface area contributed by atoms with Gasteiger partial charge < -0.3 is 15.1 Å². The number of anilines is 2.